The largest absolute Gasteiger partial charge is 0.380 e. The molecule has 0 saturated heterocycles. The first kappa shape index (κ1) is 10.8. The molecule has 4 nitrogen and oxygen atoms in total. The van der Waals surface area contributed by atoms with Crippen molar-refractivity contribution in [2.75, 3.05) is 19.0 Å². The van der Waals surface area contributed by atoms with E-state index in [-0.39, 0.29) is 6.10 Å². The number of nitrogens with zero attached hydrogens (tertiary/aromatic N) is 2. The van der Waals surface area contributed by atoms with E-state index in [0.717, 1.165) is 23.1 Å². The Bertz CT molecular complexity index is 467. The van der Waals surface area contributed by atoms with E-state index < -0.39 is 0 Å². The maximum absolute atomic E-state index is 5.17. The van der Waals surface area contributed by atoms with Crippen LogP contribution in [0.15, 0.2) is 30.5 Å². The first-order valence-electron chi connectivity index (χ1n) is 5.28. The number of hydrogen-bond donors (Lipinski definition) is 1. The molecule has 2 aromatic rings. The van der Waals surface area contributed by atoms with Crippen molar-refractivity contribution in [1.29, 1.82) is 0 Å². The minimum atomic E-state index is 0.153. The number of nitrogens with one attached hydrogen (secondary N) is 1. The predicted octanol–water partition coefficient (Wildman–Crippen LogP) is 2.08. The number of benzene rings is 1. The van der Waals surface area contributed by atoms with Gasteiger partial charge in [-0.1, -0.05) is 24.3 Å². The molecular weight excluding hydrogens is 202 g/mol. The lowest BCUT2D eigenvalue weighted by Crippen LogP contribution is -2.18. The van der Waals surface area contributed by atoms with Crippen LogP contribution in [0, 0.1) is 0 Å². The fourth-order valence-electron chi connectivity index (χ4n) is 1.48. The second-order valence-electron chi connectivity index (χ2n) is 3.71. The van der Waals surface area contributed by atoms with E-state index >= 15 is 0 Å². The van der Waals surface area contributed by atoms with Crippen molar-refractivity contribution >= 4 is 16.6 Å². The van der Waals surface area contributed by atoms with Crippen molar-refractivity contribution in [3.63, 3.8) is 0 Å². The van der Waals surface area contributed by atoms with Gasteiger partial charge in [0, 0.05) is 24.4 Å². The molecule has 1 aromatic heterocycles. The molecule has 0 radical (unpaired) electrons. The van der Waals surface area contributed by atoms with Crippen LogP contribution < -0.4 is 5.32 Å². The van der Waals surface area contributed by atoms with Crippen LogP contribution in [0.25, 0.3) is 10.8 Å². The summed E-state index contributed by atoms with van der Waals surface area (Å²) in [5.41, 5.74) is 0. The van der Waals surface area contributed by atoms with Crippen LogP contribution in [0.2, 0.25) is 0 Å². The summed E-state index contributed by atoms with van der Waals surface area (Å²) < 4.78 is 5.17. The Morgan fingerprint density at radius 1 is 1.38 bits per heavy atom. The monoisotopic (exact) mass is 217 g/mol. The normalized spacial score (nSPS) is 12.6. The van der Waals surface area contributed by atoms with Crippen LogP contribution in [0.4, 0.5) is 5.82 Å². The number of fused-ring (bicyclic) bond motifs is 1. The summed E-state index contributed by atoms with van der Waals surface area (Å²) in [7, 11) is 1.70. The first-order valence-corrected chi connectivity index (χ1v) is 5.28. The van der Waals surface area contributed by atoms with Crippen LogP contribution in [0.1, 0.15) is 6.92 Å². The Kier molecular flexibility index (Phi) is 3.31. The molecule has 4 heteroatoms. The van der Waals surface area contributed by atoms with E-state index in [1.165, 1.54) is 0 Å². The molecule has 0 fully saturated rings. The summed E-state index contributed by atoms with van der Waals surface area (Å²) in [5, 5.41) is 13.5. The summed E-state index contributed by atoms with van der Waals surface area (Å²) in [5.74, 6) is 0.807. The maximum Gasteiger partial charge on any atom is 0.156 e. The van der Waals surface area contributed by atoms with Crippen molar-refractivity contribution in [2.45, 2.75) is 13.0 Å². The van der Waals surface area contributed by atoms with Gasteiger partial charge in [-0.05, 0) is 6.92 Å². The zero-order chi connectivity index (χ0) is 11.4. The lowest BCUT2D eigenvalue weighted by atomic mass is 10.2. The summed E-state index contributed by atoms with van der Waals surface area (Å²) in [4.78, 5) is 0. The quantitative estimate of drug-likeness (QED) is 0.851. The van der Waals surface area contributed by atoms with E-state index in [2.05, 4.69) is 15.5 Å². The highest BCUT2D eigenvalue weighted by atomic mass is 16.5. The zero-order valence-electron chi connectivity index (χ0n) is 9.47. The molecule has 0 aliphatic carbocycles. The van der Waals surface area contributed by atoms with Gasteiger partial charge in [0.05, 0.1) is 12.3 Å². The lowest BCUT2D eigenvalue weighted by molar-refractivity contribution is 0.128. The standard InChI is InChI=1S/C12H15N3O/c1-9(16-2)7-13-12-11-6-4-3-5-10(11)8-14-15-12/h3-6,8-9H,7H2,1-2H3,(H,13,15). The highest BCUT2D eigenvalue weighted by Gasteiger charge is 2.04. The summed E-state index contributed by atoms with van der Waals surface area (Å²) in [6.07, 6.45) is 1.92. The lowest BCUT2D eigenvalue weighted by Gasteiger charge is -2.12. The topological polar surface area (TPSA) is 47.0 Å². The second kappa shape index (κ2) is 4.90. The SMILES string of the molecule is COC(C)CNc1nncc2ccccc12. The minimum absolute atomic E-state index is 0.153. The van der Waals surface area contributed by atoms with Gasteiger partial charge in [-0.3, -0.25) is 0 Å². The van der Waals surface area contributed by atoms with Crippen molar-refractivity contribution in [2.24, 2.45) is 0 Å². The van der Waals surface area contributed by atoms with Crippen LogP contribution >= 0.6 is 0 Å². The molecule has 0 saturated carbocycles. The molecule has 0 amide bonds. The summed E-state index contributed by atoms with van der Waals surface area (Å²) >= 11 is 0. The number of ether oxygens (including phenoxy) is 1. The maximum atomic E-state index is 5.17. The Balaban J connectivity index is 2.23. The second-order valence-corrected chi connectivity index (χ2v) is 3.71. The molecule has 0 bridgehead atoms. The van der Waals surface area contributed by atoms with Crippen LogP contribution in [0.5, 0.6) is 0 Å². The molecule has 1 unspecified atom stereocenters. The van der Waals surface area contributed by atoms with Gasteiger partial charge in [-0.25, -0.2) is 0 Å². The third-order valence-electron chi connectivity index (χ3n) is 2.53. The predicted molar refractivity (Wildman–Crippen MR) is 64.5 cm³/mol. The van der Waals surface area contributed by atoms with Crippen LogP contribution in [0.3, 0.4) is 0 Å². The van der Waals surface area contributed by atoms with E-state index in [1.807, 2.05) is 31.2 Å². The van der Waals surface area contributed by atoms with Gasteiger partial charge in [-0.2, -0.15) is 5.10 Å². The Labute approximate surface area is 94.6 Å². The molecular formula is C12H15N3O. The Morgan fingerprint density at radius 3 is 3.00 bits per heavy atom. The highest BCUT2D eigenvalue weighted by molar-refractivity contribution is 5.90. The molecule has 84 valence electrons. The molecule has 1 atom stereocenters. The third kappa shape index (κ3) is 2.28. The molecule has 1 heterocycles. The van der Waals surface area contributed by atoms with Gasteiger partial charge in [-0.15, -0.1) is 5.10 Å². The number of rotatable bonds is 4. The molecule has 2 rings (SSSR count). The van der Waals surface area contributed by atoms with Gasteiger partial charge >= 0.3 is 0 Å². The summed E-state index contributed by atoms with van der Waals surface area (Å²) in [6.45, 7) is 2.73. The van der Waals surface area contributed by atoms with Gasteiger partial charge in [0.1, 0.15) is 0 Å². The fourth-order valence-corrected chi connectivity index (χ4v) is 1.48. The van der Waals surface area contributed by atoms with Crippen molar-refractivity contribution < 1.29 is 4.74 Å². The van der Waals surface area contributed by atoms with Gasteiger partial charge in [0.25, 0.3) is 0 Å². The number of hydrogen-bond acceptors (Lipinski definition) is 4. The molecule has 1 aromatic carbocycles. The van der Waals surface area contributed by atoms with Crippen LogP contribution in [-0.4, -0.2) is 30.0 Å². The van der Waals surface area contributed by atoms with Gasteiger partial charge in [0.15, 0.2) is 5.82 Å². The number of anilines is 1. The van der Waals surface area contributed by atoms with Crippen LogP contribution in [-0.2, 0) is 4.74 Å². The molecule has 0 aliphatic heterocycles. The van der Waals surface area contributed by atoms with Crippen molar-refractivity contribution in [3.8, 4) is 0 Å². The zero-order valence-corrected chi connectivity index (χ0v) is 9.47. The fraction of sp³-hybridized carbons (Fsp3) is 0.333. The molecule has 0 aliphatic rings. The average Bonchev–Trinajstić information content (AvgIpc) is 2.35. The first-order chi connectivity index (χ1) is 7.81. The van der Waals surface area contributed by atoms with E-state index in [0.29, 0.717) is 0 Å². The smallest absolute Gasteiger partial charge is 0.156 e. The third-order valence-corrected chi connectivity index (χ3v) is 2.53. The molecule has 0 spiro atoms. The highest BCUT2D eigenvalue weighted by Crippen LogP contribution is 2.18. The van der Waals surface area contributed by atoms with E-state index in [4.69, 9.17) is 4.74 Å². The minimum Gasteiger partial charge on any atom is -0.380 e. The Morgan fingerprint density at radius 2 is 2.19 bits per heavy atom. The number of methoxy groups -OCH3 is 1. The molecule has 16 heavy (non-hydrogen) atoms. The van der Waals surface area contributed by atoms with Gasteiger partial charge in [0.2, 0.25) is 0 Å². The number of aromatic nitrogens is 2. The van der Waals surface area contributed by atoms with E-state index in [9.17, 15) is 0 Å². The Hall–Kier alpha value is -1.68. The average molecular weight is 217 g/mol. The van der Waals surface area contributed by atoms with Crippen molar-refractivity contribution in [1.82, 2.24) is 10.2 Å². The van der Waals surface area contributed by atoms with Crippen molar-refractivity contribution in [3.05, 3.63) is 30.5 Å². The van der Waals surface area contributed by atoms with E-state index in [1.54, 1.807) is 13.3 Å². The van der Waals surface area contributed by atoms with Gasteiger partial charge < -0.3 is 10.1 Å². The summed E-state index contributed by atoms with van der Waals surface area (Å²) in [6, 6.07) is 8.04. The molecule has 1 N–H and O–H groups in total.